The Morgan fingerprint density at radius 3 is 3.04 bits per heavy atom. The van der Waals surface area contributed by atoms with E-state index in [0.29, 0.717) is 23.7 Å². The van der Waals surface area contributed by atoms with E-state index >= 15 is 0 Å². The number of H-pyrrole nitrogens is 1. The first kappa shape index (κ1) is 17.1. The normalized spacial score (nSPS) is 18.4. The third kappa shape index (κ3) is 3.37. The summed E-state index contributed by atoms with van der Waals surface area (Å²) in [6.07, 6.45) is 2.42. The first-order valence-corrected chi connectivity index (χ1v) is 9.13. The number of aryl methyl sites for hydroxylation is 1. The lowest BCUT2D eigenvalue weighted by Gasteiger charge is -2.17. The lowest BCUT2D eigenvalue weighted by atomic mass is 9.89. The van der Waals surface area contributed by atoms with E-state index in [1.165, 1.54) is 4.88 Å². The van der Waals surface area contributed by atoms with Crippen LogP contribution in [0.5, 0.6) is 0 Å². The van der Waals surface area contributed by atoms with Crippen LogP contribution < -0.4 is 5.56 Å². The third-order valence-electron chi connectivity index (χ3n) is 4.30. The molecule has 0 aromatic carbocycles. The zero-order valence-corrected chi connectivity index (χ0v) is 15.0. The van der Waals surface area contributed by atoms with Crippen LogP contribution in [0.2, 0.25) is 0 Å². The molecule has 7 heteroatoms. The minimum Gasteiger partial charge on any atom is -0.453 e. The van der Waals surface area contributed by atoms with Crippen LogP contribution in [0, 0.1) is 5.92 Å². The number of nitrogens with zero attached hydrogens (tertiary/aromatic N) is 1. The smallest absolute Gasteiger partial charge is 0.332 e. The highest BCUT2D eigenvalue weighted by molar-refractivity contribution is 7.18. The summed E-state index contributed by atoms with van der Waals surface area (Å²) in [5.41, 5.74) is 1.00. The van der Waals surface area contributed by atoms with E-state index in [1.807, 2.05) is 6.92 Å². The Balaban J connectivity index is 1.88. The molecular formula is C17H22N2O4S. The largest absolute Gasteiger partial charge is 0.453 e. The Bertz CT molecular complexity index is 811. The molecule has 6 nitrogen and oxygen atoms in total. The molecule has 2 heterocycles. The Hall–Kier alpha value is -1.73. The highest BCUT2D eigenvalue weighted by atomic mass is 32.1. The van der Waals surface area contributed by atoms with E-state index in [9.17, 15) is 9.59 Å². The van der Waals surface area contributed by atoms with E-state index < -0.39 is 12.1 Å². The number of carbonyl (C=O) groups excluding carboxylic acids is 1. The van der Waals surface area contributed by atoms with Gasteiger partial charge in [0.15, 0.2) is 11.9 Å². The van der Waals surface area contributed by atoms with E-state index in [-0.39, 0.29) is 12.2 Å². The molecule has 0 unspecified atom stereocenters. The molecule has 0 amide bonds. The summed E-state index contributed by atoms with van der Waals surface area (Å²) in [6.45, 7) is 6.09. The molecular weight excluding hydrogens is 328 g/mol. The van der Waals surface area contributed by atoms with Crippen LogP contribution in [0.3, 0.4) is 0 Å². The topological polar surface area (TPSA) is 81.3 Å². The lowest BCUT2D eigenvalue weighted by molar-refractivity contribution is -0.154. The second-order valence-corrected chi connectivity index (χ2v) is 7.34. The Morgan fingerprint density at radius 1 is 1.50 bits per heavy atom. The number of aromatic amines is 1. The molecule has 0 radical (unpaired) electrons. The first-order valence-electron chi connectivity index (χ1n) is 8.31. The molecule has 0 aliphatic heterocycles. The van der Waals surface area contributed by atoms with Crippen LogP contribution in [-0.2, 0) is 27.1 Å². The van der Waals surface area contributed by atoms with Crippen molar-refractivity contribution in [3.8, 4) is 0 Å². The van der Waals surface area contributed by atoms with Crippen LogP contribution in [0.1, 0.15) is 49.6 Å². The highest BCUT2D eigenvalue weighted by Crippen LogP contribution is 2.35. The summed E-state index contributed by atoms with van der Waals surface area (Å²) in [7, 11) is 0. The van der Waals surface area contributed by atoms with Gasteiger partial charge in [-0.25, -0.2) is 9.78 Å². The lowest BCUT2D eigenvalue weighted by Crippen LogP contribution is -2.20. The summed E-state index contributed by atoms with van der Waals surface area (Å²) in [5.74, 6) is 0.554. The number of thiophene rings is 1. The molecule has 2 atom stereocenters. The fraction of sp³-hybridized carbons (Fsp3) is 0.588. The zero-order valence-electron chi connectivity index (χ0n) is 14.2. The van der Waals surface area contributed by atoms with Gasteiger partial charge < -0.3 is 14.5 Å². The van der Waals surface area contributed by atoms with Crippen LogP contribution in [0.15, 0.2) is 4.79 Å². The van der Waals surface area contributed by atoms with Gasteiger partial charge >= 0.3 is 5.97 Å². The average Bonchev–Trinajstić information content (AvgIpc) is 2.90. The minimum atomic E-state index is -0.617. The van der Waals surface area contributed by atoms with E-state index in [2.05, 4.69) is 16.9 Å². The molecule has 2 aromatic heterocycles. The van der Waals surface area contributed by atoms with Gasteiger partial charge in [-0.3, -0.25) is 4.79 Å². The number of fused-ring (bicyclic) bond motifs is 3. The van der Waals surface area contributed by atoms with Crippen molar-refractivity contribution in [2.24, 2.45) is 5.92 Å². The molecule has 2 aromatic rings. The van der Waals surface area contributed by atoms with Crippen LogP contribution >= 0.6 is 11.3 Å². The second kappa shape index (κ2) is 7.03. The van der Waals surface area contributed by atoms with E-state index in [0.717, 1.165) is 29.7 Å². The van der Waals surface area contributed by atoms with Gasteiger partial charge in [0.2, 0.25) is 0 Å². The molecule has 0 fully saturated rings. The first-order chi connectivity index (χ1) is 11.5. The SMILES string of the molecule is CCOCC(=O)O[C@H](C)c1nc2sc3c(c2c(=O)[nH]1)CC[C@H](C)C3. The number of hydrogen-bond acceptors (Lipinski definition) is 6. The Morgan fingerprint density at radius 2 is 2.29 bits per heavy atom. The van der Waals surface area contributed by atoms with Crippen LogP contribution in [-0.4, -0.2) is 29.2 Å². The fourth-order valence-corrected chi connectivity index (χ4v) is 4.42. The van der Waals surface area contributed by atoms with Crippen molar-refractivity contribution in [2.45, 2.75) is 46.1 Å². The number of nitrogens with one attached hydrogen (secondary N) is 1. The number of aromatic nitrogens is 2. The summed E-state index contributed by atoms with van der Waals surface area (Å²) in [5, 5.41) is 0.707. The maximum Gasteiger partial charge on any atom is 0.332 e. The minimum absolute atomic E-state index is 0.0987. The van der Waals surface area contributed by atoms with Gasteiger partial charge in [-0.1, -0.05) is 6.92 Å². The maximum atomic E-state index is 12.5. The number of hydrogen-bond donors (Lipinski definition) is 1. The van der Waals surface area contributed by atoms with E-state index in [1.54, 1.807) is 18.3 Å². The van der Waals surface area contributed by atoms with Crippen LogP contribution in [0.4, 0.5) is 0 Å². The van der Waals surface area contributed by atoms with Crippen molar-refractivity contribution in [1.82, 2.24) is 9.97 Å². The van der Waals surface area contributed by atoms with Gasteiger partial charge in [0, 0.05) is 11.5 Å². The van der Waals surface area contributed by atoms with Crippen molar-refractivity contribution >= 4 is 27.5 Å². The van der Waals surface area contributed by atoms with Gasteiger partial charge in [-0.05, 0) is 44.6 Å². The molecule has 0 spiro atoms. The quantitative estimate of drug-likeness (QED) is 0.839. The van der Waals surface area contributed by atoms with E-state index in [4.69, 9.17) is 9.47 Å². The summed E-state index contributed by atoms with van der Waals surface area (Å²) >= 11 is 1.59. The summed E-state index contributed by atoms with van der Waals surface area (Å²) in [6, 6.07) is 0. The number of esters is 1. The van der Waals surface area contributed by atoms with Gasteiger partial charge in [0.25, 0.3) is 5.56 Å². The molecule has 1 aliphatic rings. The zero-order chi connectivity index (χ0) is 17.3. The van der Waals surface area contributed by atoms with Gasteiger partial charge in [0.05, 0.1) is 5.39 Å². The van der Waals surface area contributed by atoms with Crippen molar-refractivity contribution < 1.29 is 14.3 Å². The Labute approximate surface area is 144 Å². The number of rotatable bonds is 5. The molecule has 1 N–H and O–H groups in total. The van der Waals surface area contributed by atoms with Gasteiger partial charge in [-0.2, -0.15) is 0 Å². The second-order valence-electron chi connectivity index (χ2n) is 6.25. The van der Waals surface area contributed by atoms with Crippen molar-refractivity contribution in [3.05, 3.63) is 26.6 Å². The number of carbonyl (C=O) groups is 1. The summed E-state index contributed by atoms with van der Waals surface area (Å²) in [4.78, 5) is 33.5. The molecule has 3 rings (SSSR count). The maximum absolute atomic E-state index is 12.5. The van der Waals surface area contributed by atoms with Gasteiger partial charge in [-0.15, -0.1) is 11.3 Å². The fourth-order valence-electron chi connectivity index (χ4n) is 3.03. The molecule has 24 heavy (non-hydrogen) atoms. The predicted octanol–water partition coefficient (Wildman–Crippen LogP) is 2.75. The summed E-state index contributed by atoms with van der Waals surface area (Å²) < 4.78 is 10.3. The average molecular weight is 350 g/mol. The predicted molar refractivity (Wildman–Crippen MR) is 92.4 cm³/mol. The monoisotopic (exact) mass is 350 g/mol. The standard InChI is InChI=1S/C17H22N2O4S/c1-4-22-8-13(20)23-10(3)15-18-16(21)14-11-6-5-9(2)7-12(11)24-17(14)19-15/h9-10H,4-8H2,1-3H3,(H,18,19,21)/t9-,10+/m0/s1. The van der Waals surface area contributed by atoms with Crippen molar-refractivity contribution in [3.63, 3.8) is 0 Å². The molecule has 0 bridgehead atoms. The van der Waals surface area contributed by atoms with Crippen molar-refractivity contribution in [1.29, 1.82) is 0 Å². The number of ether oxygens (including phenoxy) is 2. The molecule has 1 aliphatic carbocycles. The van der Waals surface area contributed by atoms with Crippen molar-refractivity contribution in [2.75, 3.05) is 13.2 Å². The highest BCUT2D eigenvalue weighted by Gasteiger charge is 2.24. The van der Waals surface area contributed by atoms with Gasteiger partial charge in [0.1, 0.15) is 11.4 Å². The molecule has 0 saturated heterocycles. The Kier molecular flexibility index (Phi) is 5.01. The molecule has 130 valence electrons. The molecule has 0 saturated carbocycles. The van der Waals surface area contributed by atoms with Crippen LogP contribution in [0.25, 0.3) is 10.2 Å². The third-order valence-corrected chi connectivity index (χ3v) is 5.45.